The molecule has 3 aliphatic heterocycles. The van der Waals surface area contributed by atoms with Crippen LogP contribution in [0.1, 0.15) is 132 Å². The van der Waals surface area contributed by atoms with Crippen molar-refractivity contribution in [1.29, 1.82) is 0 Å². The molecule has 0 radical (unpaired) electrons. The SMILES string of the molecule is CC[C@@]12CC[C@@H](c3ccc(O)cc3Cl)[C@H](c3ccc(Cl)cc3)[C@@H]1[C@@H](C)NC2=O.CC[C@@]12CC[C@@H](c3ccc(OC[C@H](O)CO)cc3Cl)[C@H](c3ccc(Cl)cc3)[C@@H]1[C@@H](C)NC2=O.Cc1ccc(S(=O)(=O)OC[C@H]2COC(C)(C)O2)cc1. The molecule has 3 heterocycles. The van der Waals surface area contributed by atoms with Crippen LogP contribution in [0.4, 0.5) is 0 Å². The molecule has 0 aromatic heterocycles. The highest BCUT2D eigenvalue weighted by molar-refractivity contribution is 7.86. The number of aromatic hydroxyl groups is 1. The first-order chi connectivity index (χ1) is 38.0. The zero-order chi connectivity index (χ0) is 57.9. The number of aryl methyl sites for hydroxylation is 1. The van der Waals surface area contributed by atoms with E-state index in [4.69, 9.17) is 69.9 Å². The highest BCUT2D eigenvalue weighted by Gasteiger charge is 2.61. The fourth-order valence-corrected chi connectivity index (χ4v) is 15.3. The van der Waals surface area contributed by atoms with Gasteiger partial charge < -0.3 is 40.2 Å². The number of phenols is 1. The van der Waals surface area contributed by atoms with Crippen LogP contribution in [0.3, 0.4) is 0 Å². The van der Waals surface area contributed by atoms with E-state index >= 15 is 0 Å². The number of aliphatic hydroxyl groups is 2. The van der Waals surface area contributed by atoms with Crippen LogP contribution in [0.15, 0.2) is 114 Å². The van der Waals surface area contributed by atoms with Crippen LogP contribution in [0.5, 0.6) is 11.5 Å². The number of hydrogen-bond acceptors (Lipinski definition) is 11. The van der Waals surface area contributed by atoms with Crippen LogP contribution < -0.4 is 15.4 Å². The van der Waals surface area contributed by atoms with Crippen molar-refractivity contribution in [3.8, 4) is 11.5 Å². The fraction of sp³-hybridized carbons (Fsp3) is 0.484. The molecule has 5 aliphatic rings. The molecule has 0 unspecified atom stereocenters. The third-order valence-corrected chi connectivity index (χ3v) is 19.8. The van der Waals surface area contributed by atoms with Crippen LogP contribution >= 0.6 is 46.4 Å². The van der Waals surface area contributed by atoms with E-state index in [2.05, 4.69) is 62.6 Å². The quantitative estimate of drug-likeness (QED) is 0.0665. The molecular weight excluding hydrogens is 1120 g/mol. The normalized spacial score (nSPS) is 28.9. The molecule has 10 rings (SSSR count). The topological polar surface area (TPSA) is 190 Å². The van der Waals surface area contributed by atoms with Crippen LogP contribution in [-0.4, -0.2) is 92.1 Å². The number of aliphatic hydroxyl groups excluding tert-OH is 2. The number of nitrogens with one attached hydrogen (secondary N) is 2. The monoisotopic (exact) mass is 1190 g/mol. The van der Waals surface area contributed by atoms with Gasteiger partial charge in [0.05, 0.1) is 35.5 Å². The number of benzene rings is 5. The standard InChI is InChI=1S/C26H31Cl2NO4.C23H25Cl2NO2.C13H18O5S/c1-3-26-11-10-21(20-9-8-19(12-22(20)28)33-14-18(31)13-30)23(16-4-6-17(27)7-5-16)24(26)15(2)29-25(26)32;1-3-23-11-10-18(17-9-8-16(27)12-19(17)25)20(14-4-6-15(24)7-5-14)21(23)13(2)26-22(23)28;1-10-4-6-12(7-5-10)19(14,15)17-9-11-8-16-13(2,3)18-11/h4-9,12,15,18,21,23-24,30-31H,3,10-11,13-14H2,1-2H3,(H,29,32);4-9,12-13,18,20-21,27H,3,10-11H2,1-2H3,(H,26,28);4-7,11H,8-9H2,1-3H3/t15-,18-,21+,23+,24+,26-;13-,18+,20+,21+,23-;11-/m111/s1. The van der Waals surface area contributed by atoms with Crippen molar-refractivity contribution in [3.05, 3.63) is 157 Å². The van der Waals surface area contributed by atoms with Crippen molar-refractivity contribution in [2.75, 3.05) is 26.4 Å². The molecule has 2 saturated carbocycles. The van der Waals surface area contributed by atoms with Crippen molar-refractivity contribution >= 4 is 68.3 Å². The van der Waals surface area contributed by atoms with E-state index in [1.54, 1.807) is 44.2 Å². The first-order valence-electron chi connectivity index (χ1n) is 27.6. The molecular formula is C62H74Cl4N2O11S. The molecule has 5 N–H and O–H groups in total. The first-order valence-corrected chi connectivity index (χ1v) is 30.5. The van der Waals surface area contributed by atoms with E-state index in [0.717, 1.165) is 60.8 Å². The van der Waals surface area contributed by atoms with Gasteiger partial charge in [0.1, 0.15) is 30.3 Å². The summed E-state index contributed by atoms with van der Waals surface area (Å²) in [4.78, 5) is 26.2. The Bertz CT molecular complexity index is 3080. The summed E-state index contributed by atoms with van der Waals surface area (Å²) in [5, 5.41) is 37.4. The highest BCUT2D eigenvalue weighted by atomic mass is 35.5. The second-order valence-electron chi connectivity index (χ2n) is 22.6. The lowest BCUT2D eigenvalue weighted by Crippen LogP contribution is -2.43. The number of rotatable bonds is 14. The number of hydrogen-bond donors (Lipinski definition) is 5. The van der Waals surface area contributed by atoms with Crippen LogP contribution in [0.25, 0.3) is 0 Å². The van der Waals surface area contributed by atoms with Crippen molar-refractivity contribution in [2.45, 2.75) is 146 Å². The maximum atomic E-state index is 13.1. The summed E-state index contributed by atoms with van der Waals surface area (Å²) < 4.78 is 45.3. The largest absolute Gasteiger partial charge is 0.508 e. The summed E-state index contributed by atoms with van der Waals surface area (Å²) in [5.41, 5.74) is 4.69. The second kappa shape index (κ2) is 25.6. The zero-order valence-electron chi connectivity index (χ0n) is 46.3. The summed E-state index contributed by atoms with van der Waals surface area (Å²) in [6.45, 7) is 13.8. The maximum Gasteiger partial charge on any atom is 0.297 e. The lowest BCUT2D eigenvalue weighted by atomic mass is 9.54. The minimum Gasteiger partial charge on any atom is -0.508 e. The number of ether oxygens (including phenoxy) is 3. The van der Waals surface area contributed by atoms with Gasteiger partial charge in [-0.3, -0.25) is 13.8 Å². The van der Waals surface area contributed by atoms with Crippen molar-refractivity contribution in [1.82, 2.24) is 10.6 Å². The second-order valence-corrected chi connectivity index (χ2v) is 25.9. The van der Waals surface area contributed by atoms with Crippen LogP contribution in [0, 0.1) is 29.6 Å². The molecule has 2 amide bonds. The first kappa shape index (κ1) is 61.6. The van der Waals surface area contributed by atoms with Crippen molar-refractivity contribution in [3.63, 3.8) is 0 Å². The van der Waals surface area contributed by atoms with Gasteiger partial charge in [0.25, 0.3) is 10.1 Å². The molecule has 18 heteroatoms. The Morgan fingerprint density at radius 2 is 1.20 bits per heavy atom. The Balaban J connectivity index is 0.000000163. The minimum atomic E-state index is -3.74. The van der Waals surface area contributed by atoms with Crippen LogP contribution in [0.2, 0.25) is 20.1 Å². The molecule has 0 spiro atoms. The Labute approximate surface area is 491 Å². The summed E-state index contributed by atoms with van der Waals surface area (Å²) in [6.07, 6.45) is 3.71. The number of fused-ring (bicyclic) bond motifs is 2. The van der Waals surface area contributed by atoms with E-state index in [1.807, 2.05) is 49.4 Å². The third-order valence-electron chi connectivity index (χ3n) is 17.4. The number of halogens is 4. The van der Waals surface area contributed by atoms with E-state index < -0.39 is 22.0 Å². The Morgan fingerprint density at radius 1 is 0.713 bits per heavy atom. The van der Waals surface area contributed by atoms with Gasteiger partial charge in [-0.1, -0.05) is 114 Å². The fourth-order valence-electron chi connectivity index (χ4n) is 13.5. The number of carbonyl (C=O) groups is 2. The molecule has 0 bridgehead atoms. The highest BCUT2D eigenvalue weighted by Crippen LogP contribution is 2.62. The Morgan fingerprint density at radius 3 is 1.64 bits per heavy atom. The third kappa shape index (κ3) is 13.2. The van der Waals surface area contributed by atoms with Crippen molar-refractivity contribution in [2.24, 2.45) is 22.7 Å². The molecule has 5 fully saturated rings. The van der Waals surface area contributed by atoms with E-state index in [-0.39, 0.29) is 107 Å². The molecule has 5 aromatic carbocycles. The predicted octanol–water partition coefficient (Wildman–Crippen LogP) is 12.7. The molecule has 5 aromatic rings. The zero-order valence-corrected chi connectivity index (χ0v) is 50.1. The number of carbonyl (C=O) groups excluding carboxylic acids is 2. The minimum absolute atomic E-state index is 0.00457. The van der Waals surface area contributed by atoms with Gasteiger partial charge in [-0.05, 0) is 180 Å². The maximum absolute atomic E-state index is 13.1. The molecule has 12 atom stereocenters. The molecule has 13 nitrogen and oxygen atoms in total. The lowest BCUT2D eigenvalue weighted by molar-refractivity contribution is -0.141. The summed E-state index contributed by atoms with van der Waals surface area (Å²) >= 11 is 25.7. The summed E-state index contributed by atoms with van der Waals surface area (Å²) in [6, 6.07) is 33.5. The lowest BCUT2D eigenvalue weighted by Gasteiger charge is -2.47. The summed E-state index contributed by atoms with van der Waals surface area (Å²) in [7, 11) is -3.74. The van der Waals surface area contributed by atoms with Gasteiger partial charge in [-0.2, -0.15) is 8.42 Å². The van der Waals surface area contributed by atoms with Gasteiger partial charge >= 0.3 is 0 Å². The van der Waals surface area contributed by atoms with Crippen LogP contribution in [-0.2, 0) is 33.4 Å². The molecule has 3 saturated heterocycles. The average Bonchev–Trinajstić information content (AvgIpc) is 4.10. The van der Waals surface area contributed by atoms with Gasteiger partial charge in [-0.25, -0.2) is 0 Å². The van der Waals surface area contributed by atoms with Gasteiger partial charge in [0, 0.05) is 44.0 Å². The van der Waals surface area contributed by atoms with Gasteiger partial charge in [0.15, 0.2) is 5.79 Å². The predicted molar refractivity (Wildman–Crippen MR) is 312 cm³/mol. The number of amides is 2. The molecule has 432 valence electrons. The Kier molecular flexibility index (Phi) is 19.7. The van der Waals surface area contributed by atoms with E-state index in [0.29, 0.717) is 32.4 Å². The molecule has 80 heavy (non-hydrogen) atoms. The van der Waals surface area contributed by atoms with Gasteiger partial charge in [0.2, 0.25) is 11.8 Å². The molecule has 2 aliphatic carbocycles. The van der Waals surface area contributed by atoms with E-state index in [9.17, 15) is 28.2 Å². The van der Waals surface area contributed by atoms with E-state index in [1.165, 1.54) is 17.7 Å². The van der Waals surface area contributed by atoms with Gasteiger partial charge in [-0.15, -0.1) is 0 Å². The average molecular weight is 1200 g/mol. The Hall–Kier alpha value is -4.45. The smallest absolute Gasteiger partial charge is 0.297 e. The number of phenolic OH excluding ortho intramolecular Hbond substituents is 1. The summed E-state index contributed by atoms with van der Waals surface area (Å²) in [5.74, 6) is 1.25. The van der Waals surface area contributed by atoms with Crippen molar-refractivity contribution < 1.29 is 51.7 Å².